The number of carbonyl (C=O) groups excluding carboxylic acids is 3. The molecule has 4 amide bonds. The van der Waals surface area contributed by atoms with Crippen molar-refractivity contribution in [2.45, 2.75) is 33.6 Å². The average Bonchev–Trinajstić information content (AvgIpc) is 2.60. The normalized spacial score (nSPS) is 16.4. The zero-order valence-corrected chi connectivity index (χ0v) is 15.0. The van der Waals surface area contributed by atoms with Crippen LogP contribution in [0.15, 0.2) is 29.8 Å². The standard InChI is InChI=1S/C19H25N3O3/c1-4-7-12-22-18(24)16(17(23)20-19(22)25)13-14-8-10-15(11-9-14)21(5-2)6-3/h8-11,13H,4-7,12H2,1-3H3,(H,20,23,25). The molecule has 0 saturated carbocycles. The van der Waals surface area contributed by atoms with Gasteiger partial charge in [-0.3, -0.25) is 19.8 Å². The highest BCUT2D eigenvalue weighted by Gasteiger charge is 2.35. The second kappa shape index (κ2) is 8.46. The number of imide groups is 2. The van der Waals surface area contributed by atoms with Crippen molar-refractivity contribution in [2.24, 2.45) is 0 Å². The molecule has 6 heteroatoms. The Bertz CT molecular complexity index is 676. The van der Waals surface area contributed by atoms with E-state index >= 15 is 0 Å². The number of barbiturate groups is 1. The van der Waals surface area contributed by atoms with E-state index in [4.69, 9.17) is 0 Å². The quantitative estimate of drug-likeness (QED) is 0.610. The summed E-state index contributed by atoms with van der Waals surface area (Å²) in [5, 5.41) is 2.24. The zero-order chi connectivity index (χ0) is 18.4. The van der Waals surface area contributed by atoms with Crippen molar-refractivity contribution in [3.8, 4) is 0 Å². The summed E-state index contributed by atoms with van der Waals surface area (Å²) in [7, 11) is 0. The molecule has 0 atom stereocenters. The van der Waals surface area contributed by atoms with Crippen molar-refractivity contribution in [1.82, 2.24) is 10.2 Å². The monoisotopic (exact) mass is 343 g/mol. The summed E-state index contributed by atoms with van der Waals surface area (Å²) in [6, 6.07) is 7.02. The van der Waals surface area contributed by atoms with E-state index in [1.54, 1.807) is 0 Å². The van der Waals surface area contributed by atoms with Gasteiger partial charge in [0.25, 0.3) is 11.8 Å². The van der Waals surface area contributed by atoms with Gasteiger partial charge in [-0.25, -0.2) is 4.79 Å². The fraction of sp³-hybridized carbons (Fsp3) is 0.421. The lowest BCUT2D eigenvalue weighted by Gasteiger charge is -2.26. The number of nitrogens with one attached hydrogen (secondary N) is 1. The van der Waals surface area contributed by atoms with Gasteiger partial charge in [0.1, 0.15) is 5.57 Å². The van der Waals surface area contributed by atoms with E-state index in [0.717, 1.165) is 35.7 Å². The van der Waals surface area contributed by atoms with Crippen molar-refractivity contribution in [1.29, 1.82) is 0 Å². The van der Waals surface area contributed by atoms with Gasteiger partial charge in [0.15, 0.2) is 0 Å². The van der Waals surface area contributed by atoms with Gasteiger partial charge >= 0.3 is 6.03 Å². The van der Waals surface area contributed by atoms with Gasteiger partial charge in [-0.05, 0) is 44.0 Å². The van der Waals surface area contributed by atoms with Crippen molar-refractivity contribution < 1.29 is 14.4 Å². The highest BCUT2D eigenvalue weighted by molar-refractivity contribution is 6.31. The summed E-state index contributed by atoms with van der Waals surface area (Å²) in [5.41, 5.74) is 1.83. The minimum Gasteiger partial charge on any atom is -0.372 e. The van der Waals surface area contributed by atoms with Crippen LogP contribution in [0, 0.1) is 0 Å². The first-order chi connectivity index (χ1) is 12.0. The van der Waals surface area contributed by atoms with E-state index in [-0.39, 0.29) is 5.57 Å². The molecule has 0 aliphatic carbocycles. The average molecular weight is 343 g/mol. The van der Waals surface area contributed by atoms with E-state index in [2.05, 4.69) is 24.1 Å². The molecule has 1 N–H and O–H groups in total. The van der Waals surface area contributed by atoms with Crippen LogP contribution in [-0.2, 0) is 9.59 Å². The Balaban J connectivity index is 2.24. The Morgan fingerprint density at radius 2 is 1.68 bits per heavy atom. The molecule has 0 unspecified atom stereocenters. The van der Waals surface area contributed by atoms with Crippen molar-refractivity contribution in [2.75, 3.05) is 24.5 Å². The van der Waals surface area contributed by atoms with Crippen LogP contribution in [0.5, 0.6) is 0 Å². The Labute approximate surface area is 148 Å². The molecule has 0 spiro atoms. The molecular weight excluding hydrogens is 318 g/mol. The lowest BCUT2D eigenvalue weighted by molar-refractivity contribution is -0.130. The van der Waals surface area contributed by atoms with E-state index in [9.17, 15) is 14.4 Å². The molecule has 0 aromatic heterocycles. The topological polar surface area (TPSA) is 69.7 Å². The lowest BCUT2D eigenvalue weighted by atomic mass is 10.1. The van der Waals surface area contributed by atoms with Crippen molar-refractivity contribution in [3.05, 3.63) is 35.4 Å². The fourth-order valence-electron chi connectivity index (χ4n) is 2.75. The van der Waals surface area contributed by atoms with Gasteiger partial charge in [-0.2, -0.15) is 0 Å². The number of urea groups is 1. The SMILES string of the molecule is CCCCN1C(=O)NC(=O)C(=Cc2ccc(N(CC)CC)cc2)C1=O. The summed E-state index contributed by atoms with van der Waals surface area (Å²) in [6.07, 6.45) is 3.10. The summed E-state index contributed by atoms with van der Waals surface area (Å²) in [6.45, 7) is 8.29. The van der Waals surface area contributed by atoms with Gasteiger partial charge in [0.2, 0.25) is 0 Å². The second-order valence-electron chi connectivity index (χ2n) is 5.89. The van der Waals surface area contributed by atoms with Crippen LogP contribution in [0.2, 0.25) is 0 Å². The first kappa shape index (κ1) is 18.7. The van der Waals surface area contributed by atoms with Crippen LogP contribution in [0.25, 0.3) is 6.08 Å². The number of rotatable bonds is 7. The maximum Gasteiger partial charge on any atom is 0.331 e. The summed E-state index contributed by atoms with van der Waals surface area (Å²) < 4.78 is 0. The third-order valence-corrected chi connectivity index (χ3v) is 4.25. The van der Waals surface area contributed by atoms with E-state index < -0.39 is 17.8 Å². The molecule has 1 aromatic carbocycles. The molecule has 134 valence electrons. The highest BCUT2D eigenvalue weighted by atomic mass is 16.2. The molecule has 2 rings (SSSR count). The number of nitrogens with zero attached hydrogens (tertiary/aromatic N) is 2. The number of hydrogen-bond acceptors (Lipinski definition) is 4. The van der Waals surface area contributed by atoms with Crippen molar-refractivity contribution >= 4 is 29.6 Å². The Kier molecular flexibility index (Phi) is 6.33. The number of hydrogen-bond donors (Lipinski definition) is 1. The molecule has 1 aromatic rings. The Morgan fingerprint density at radius 3 is 2.24 bits per heavy atom. The molecule has 1 saturated heterocycles. The predicted molar refractivity (Wildman–Crippen MR) is 98.1 cm³/mol. The smallest absolute Gasteiger partial charge is 0.331 e. The number of amides is 4. The van der Waals surface area contributed by atoms with E-state index in [0.29, 0.717) is 13.0 Å². The molecule has 1 aliphatic rings. The van der Waals surface area contributed by atoms with E-state index in [1.807, 2.05) is 31.2 Å². The minimum absolute atomic E-state index is 0.00806. The highest BCUT2D eigenvalue weighted by Crippen LogP contribution is 2.19. The van der Waals surface area contributed by atoms with Gasteiger partial charge in [-0.1, -0.05) is 25.5 Å². The second-order valence-corrected chi connectivity index (χ2v) is 5.89. The molecule has 0 bridgehead atoms. The van der Waals surface area contributed by atoms with Crippen LogP contribution < -0.4 is 10.2 Å². The molecule has 0 radical (unpaired) electrons. The molecule has 1 fully saturated rings. The van der Waals surface area contributed by atoms with Gasteiger partial charge < -0.3 is 4.90 Å². The number of benzene rings is 1. The van der Waals surface area contributed by atoms with E-state index in [1.165, 1.54) is 6.08 Å². The number of carbonyl (C=O) groups is 3. The van der Waals surface area contributed by atoms with Gasteiger partial charge in [-0.15, -0.1) is 0 Å². The van der Waals surface area contributed by atoms with Crippen LogP contribution >= 0.6 is 0 Å². The van der Waals surface area contributed by atoms with Crippen LogP contribution in [-0.4, -0.2) is 42.4 Å². The van der Waals surface area contributed by atoms with Crippen LogP contribution in [0.1, 0.15) is 39.2 Å². The maximum absolute atomic E-state index is 12.5. The lowest BCUT2D eigenvalue weighted by Crippen LogP contribution is -2.54. The third-order valence-electron chi connectivity index (χ3n) is 4.25. The molecule has 25 heavy (non-hydrogen) atoms. The predicted octanol–water partition coefficient (Wildman–Crippen LogP) is 2.79. The molecular formula is C19H25N3O3. The number of anilines is 1. The van der Waals surface area contributed by atoms with Gasteiger partial charge in [0, 0.05) is 25.3 Å². The maximum atomic E-state index is 12.5. The van der Waals surface area contributed by atoms with Crippen molar-refractivity contribution in [3.63, 3.8) is 0 Å². The molecule has 1 aliphatic heterocycles. The Hall–Kier alpha value is -2.63. The van der Waals surface area contributed by atoms with Crippen LogP contribution in [0.4, 0.5) is 10.5 Å². The third kappa shape index (κ3) is 4.26. The molecule has 1 heterocycles. The Morgan fingerprint density at radius 1 is 1.04 bits per heavy atom. The minimum atomic E-state index is -0.643. The largest absolute Gasteiger partial charge is 0.372 e. The number of unbranched alkanes of at least 4 members (excludes halogenated alkanes) is 1. The summed E-state index contributed by atoms with van der Waals surface area (Å²) in [4.78, 5) is 39.7. The summed E-state index contributed by atoms with van der Waals surface area (Å²) >= 11 is 0. The van der Waals surface area contributed by atoms with Gasteiger partial charge in [0.05, 0.1) is 0 Å². The molecule has 6 nitrogen and oxygen atoms in total. The van der Waals surface area contributed by atoms with Crippen LogP contribution in [0.3, 0.4) is 0 Å². The summed E-state index contributed by atoms with van der Waals surface area (Å²) in [5.74, 6) is -1.18. The zero-order valence-electron chi connectivity index (χ0n) is 15.0. The first-order valence-corrected chi connectivity index (χ1v) is 8.75. The fourth-order valence-corrected chi connectivity index (χ4v) is 2.75. The first-order valence-electron chi connectivity index (χ1n) is 8.75.